The lowest BCUT2D eigenvalue weighted by Gasteiger charge is -2.23. The Morgan fingerprint density at radius 2 is 0.872 bits per heavy atom. The topological polar surface area (TPSA) is 59.9 Å². The standard InChI is InChI=1S/C31H34N8/c1-5-38(20-29-32-23-12-6-9-15-26(23)35(29)2)18-19-39(21-30-33-24-13-7-10-16-27(24)36(30)3)22-31-34-25-14-8-11-17-28(25)37(31)4/h6-19H,5,20-22H2,1-4H3/b19-18+. The van der Waals surface area contributed by atoms with Crippen LogP contribution in [0, 0.1) is 0 Å². The van der Waals surface area contributed by atoms with Crippen molar-refractivity contribution in [2.45, 2.75) is 26.6 Å². The third-order valence-electron chi connectivity index (χ3n) is 7.57. The third kappa shape index (κ3) is 4.74. The second-order valence-electron chi connectivity index (χ2n) is 9.99. The van der Waals surface area contributed by atoms with Crippen LogP contribution >= 0.6 is 0 Å². The van der Waals surface area contributed by atoms with Crippen LogP contribution in [0.1, 0.15) is 24.4 Å². The maximum atomic E-state index is 4.94. The Kier molecular flexibility index (Phi) is 6.52. The molecule has 0 aliphatic carbocycles. The predicted octanol–water partition coefficient (Wildman–Crippen LogP) is 5.34. The summed E-state index contributed by atoms with van der Waals surface area (Å²) in [6.45, 7) is 5.09. The van der Waals surface area contributed by atoms with Gasteiger partial charge >= 0.3 is 0 Å². The van der Waals surface area contributed by atoms with E-state index in [1.54, 1.807) is 0 Å². The van der Waals surface area contributed by atoms with Gasteiger partial charge in [-0.15, -0.1) is 0 Å². The van der Waals surface area contributed by atoms with E-state index in [-0.39, 0.29) is 0 Å². The minimum absolute atomic E-state index is 0.661. The molecule has 198 valence electrons. The molecule has 0 spiro atoms. The molecule has 0 radical (unpaired) electrons. The Morgan fingerprint density at radius 3 is 1.23 bits per heavy atom. The summed E-state index contributed by atoms with van der Waals surface area (Å²) in [5.41, 5.74) is 6.47. The monoisotopic (exact) mass is 518 g/mol. The summed E-state index contributed by atoms with van der Waals surface area (Å²) in [6.07, 6.45) is 4.34. The predicted molar refractivity (Wildman–Crippen MR) is 157 cm³/mol. The molecule has 3 heterocycles. The second-order valence-corrected chi connectivity index (χ2v) is 9.99. The van der Waals surface area contributed by atoms with Gasteiger partial charge < -0.3 is 23.5 Å². The van der Waals surface area contributed by atoms with E-state index >= 15 is 0 Å². The number of hydrogen-bond acceptors (Lipinski definition) is 5. The van der Waals surface area contributed by atoms with E-state index in [1.807, 2.05) is 18.2 Å². The number of benzene rings is 3. The van der Waals surface area contributed by atoms with E-state index in [4.69, 9.17) is 15.0 Å². The van der Waals surface area contributed by atoms with Crippen LogP contribution in [-0.4, -0.2) is 45.0 Å². The van der Waals surface area contributed by atoms with Crippen molar-refractivity contribution in [1.82, 2.24) is 38.5 Å². The number of aryl methyl sites for hydroxylation is 3. The van der Waals surface area contributed by atoms with Crippen LogP contribution in [0.15, 0.2) is 85.2 Å². The first kappa shape index (κ1) is 24.7. The summed E-state index contributed by atoms with van der Waals surface area (Å²) in [6, 6.07) is 24.9. The fraction of sp³-hybridized carbons (Fsp3) is 0.258. The summed E-state index contributed by atoms with van der Waals surface area (Å²) >= 11 is 0. The highest BCUT2D eigenvalue weighted by atomic mass is 15.2. The molecule has 0 atom stereocenters. The van der Waals surface area contributed by atoms with Gasteiger partial charge in [-0.25, -0.2) is 15.0 Å². The number of para-hydroxylation sites is 6. The van der Waals surface area contributed by atoms with Crippen LogP contribution in [0.3, 0.4) is 0 Å². The van der Waals surface area contributed by atoms with Gasteiger partial charge in [-0.1, -0.05) is 36.4 Å². The van der Waals surface area contributed by atoms with E-state index < -0.39 is 0 Å². The van der Waals surface area contributed by atoms with Gasteiger partial charge in [-0.2, -0.15) is 0 Å². The van der Waals surface area contributed by atoms with Crippen molar-refractivity contribution < 1.29 is 0 Å². The molecule has 0 amide bonds. The summed E-state index contributed by atoms with van der Waals surface area (Å²) in [5, 5.41) is 0. The number of hydrogen-bond donors (Lipinski definition) is 0. The van der Waals surface area contributed by atoms with Crippen LogP contribution < -0.4 is 0 Å². The molecule has 0 saturated carbocycles. The van der Waals surface area contributed by atoms with Crippen molar-refractivity contribution in [2.24, 2.45) is 21.1 Å². The third-order valence-corrected chi connectivity index (χ3v) is 7.57. The Balaban J connectivity index is 1.30. The minimum Gasteiger partial charge on any atom is -0.369 e. The minimum atomic E-state index is 0.661. The van der Waals surface area contributed by atoms with Crippen molar-refractivity contribution in [2.75, 3.05) is 6.54 Å². The SMILES string of the molecule is CCN(/C=C/N(Cc1nc2ccccc2n1C)Cc1nc2ccccc2n1C)Cc1nc2ccccc2n1C. The fourth-order valence-corrected chi connectivity index (χ4v) is 5.18. The molecule has 39 heavy (non-hydrogen) atoms. The normalized spacial score (nSPS) is 11.9. The number of aromatic nitrogens is 6. The van der Waals surface area contributed by atoms with Crippen molar-refractivity contribution in [1.29, 1.82) is 0 Å². The molecule has 8 heteroatoms. The van der Waals surface area contributed by atoms with Crippen LogP contribution in [0.5, 0.6) is 0 Å². The summed E-state index contributed by atoms with van der Waals surface area (Å²) in [5.74, 6) is 3.07. The molecular formula is C31H34N8. The lowest BCUT2D eigenvalue weighted by Crippen LogP contribution is -2.24. The Morgan fingerprint density at radius 1 is 0.538 bits per heavy atom. The summed E-state index contributed by atoms with van der Waals surface area (Å²) < 4.78 is 6.55. The van der Waals surface area contributed by atoms with E-state index in [0.717, 1.165) is 63.7 Å². The van der Waals surface area contributed by atoms with E-state index in [2.05, 4.69) is 119 Å². The average Bonchev–Trinajstić information content (AvgIpc) is 3.57. The number of fused-ring (bicyclic) bond motifs is 3. The van der Waals surface area contributed by atoms with Crippen molar-refractivity contribution in [3.8, 4) is 0 Å². The molecule has 0 fully saturated rings. The van der Waals surface area contributed by atoms with Crippen molar-refractivity contribution in [3.63, 3.8) is 0 Å². The van der Waals surface area contributed by atoms with Gasteiger partial charge in [-0.05, 0) is 43.3 Å². The van der Waals surface area contributed by atoms with Crippen LogP contribution in [0.2, 0.25) is 0 Å². The van der Waals surface area contributed by atoms with Crippen molar-refractivity contribution in [3.05, 3.63) is 103 Å². The van der Waals surface area contributed by atoms with Gasteiger partial charge in [0.2, 0.25) is 0 Å². The molecule has 3 aromatic carbocycles. The largest absolute Gasteiger partial charge is 0.369 e. The Labute approximate surface area is 228 Å². The smallest absolute Gasteiger partial charge is 0.129 e. The lowest BCUT2D eigenvalue weighted by molar-refractivity contribution is 0.315. The lowest BCUT2D eigenvalue weighted by atomic mass is 10.3. The molecule has 6 rings (SSSR count). The quantitative estimate of drug-likeness (QED) is 0.259. The number of nitrogens with zero attached hydrogens (tertiary/aromatic N) is 8. The highest BCUT2D eigenvalue weighted by Gasteiger charge is 2.15. The van der Waals surface area contributed by atoms with Crippen LogP contribution in [0.4, 0.5) is 0 Å². The Bertz CT molecular complexity index is 1700. The summed E-state index contributed by atoms with van der Waals surface area (Å²) in [7, 11) is 6.27. The van der Waals surface area contributed by atoms with Crippen LogP contribution in [-0.2, 0) is 40.8 Å². The first-order valence-corrected chi connectivity index (χ1v) is 13.4. The maximum absolute atomic E-state index is 4.94. The first-order chi connectivity index (χ1) is 19.0. The molecular weight excluding hydrogens is 484 g/mol. The molecule has 6 aromatic rings. The highest BCUT2D eigenvalue weighted by molar-refractivity contribution is 5.77. The Hall–Kier alpha value is -4.59. The van der Waals surface area contributed by atoms with E-state index in [0.29, 0.717) is 13.1 Å². The fourth-order valence-electron chi connectivity index (χ4n) is 5.18. The van der Waals surface area contributed by atoms with Crippen LogP contribution in [0.25, 0.3) is 33.1 Å². The van der Waals surface area contributed by atoms with Crippen molar-refractivity contribution >= 4 is 33.1 Å². The van der Waals surface area contributed by atoms with E-state index in [9.17, 15) is 0 Å². The number of imidazole rings is 3. The molecule has 0 N–H and O–H groups in total. The van der Waals surface area contributed by atoms with Gasteiger partial charge in [0.25, 0.3) is 0 Å². The molecule has 0 aliphatic rings. The summed E-state index contributed by atoms with van der Waals surface area (Å²) in [4.78, 5) is 19.3. The van der Waals surface area contributed by atoms with Gasteiger partial charge in [-0.3, -0.25) is 0 Å². The zero-order chi connectivity index (χ0) is 26.9. The van der Waals surface area contributed by atoms with E-state index in [1.165, 1.54) is 0 Å². The maximum Gasteiger partial charge on any atom is 0.129 e. The molecule has 0 aliphatic heterocycles. The first-order valence-electron chi connectivity index (χ1n) is 13.4. The van der Waals surface area contributed by atoms with Gasteiger partial charge in [0.05, 0.1) is 52.7 Å². The van der Waals surface area contributed by atoms with Gasteiger partial charge in [0.15, 0.2) is 0 Å². The molecule has 3 aromatic heterocycles. The molecule has 0 bridgehead atoms. The number of rotatable bonds is 9. The molecule has 8 nitrogen and oxygen atoms in total. The zero-order valence-corrected chi connectivity index (χ0v) is 23.0. The molecule has 0 saturated heterocycles. The molecule has 0 unspecified atom stereocenters. The average molecular weight is 519 g/mol. The highest BCUT2D eigenvalue weighted by Crippen LogP contribution is 2.20. The van der Waals surface area contributed by atoms with Gasteiger partial charge in [0, 0.05) is 40.1 Å². The second kappa shape index (κ2) is 10.3. The zero-order valence-electron chi connectivity index (χ0n) is 23.0. The van der Waals surface area contributed by atoms with Gasteiger partial charge in [0.1, 0.15) is 17.5 Å².